The molecule has 2 aliphatic heterocycles. The molecule has 1 saturated heterocycles. The van der Waals surface area contributed by atoms with Gasteiger partial charge < -0.3 is 24.8 Å². The standard InChI is InChI=1S/C33H37ClFN5O5/c1-19-23-6-5-22(34)13-20(23)7-10-39(19)28(41)17-36-26-14-21-15-27(37-29(42)24(21)16-25(26)35)30(43)38-11-12-40(33(18-38)8-9-33)31(44)45-32(2,3)4/h5-6,13-16,19,36H,7-12,17-18H2,1-4H3,(H,37,42)/t19-/m0/s1. The first kappa shape index (κ1) is 30.9. The molecule has 10 nitrogen and oxygen atoms in total. The molecule has 238 valence electrons. The molecule has 1 saturated carbocycles. The topological polar surface area (TPSA) is 115 Å². The van der Waals surface area contributed by atoms with Gasteiger partial charge in [-0.1, -0.05) is 17.7 Å². The van der Waals surface area contributed by atoms with Gasteiger partial charge in [0.25, 0.3) is 11.5 Å². The van der Waals surface area contributed by atoms with Crippen LogP contribution in [0, 0.1) is 5.82 Å². The number of pyridine rings is 1. The number of fused-ring (bicyclic) bond motifs is 2. The molecule has 6 rings (SSSR count). The lowest BCUT2D eigenvalue weighted by Gasteiger charge is -2.42. The zero-order valence-electron chi connectivity index (χ0n) is 25.8. The minimum Gasteiger partial charge on any atom is -0.444 e. The molecule has 0 bridgehead atoms. The van der Waals surface area contributed by atoms with Gasteiger partial charge in [-0.15, -0.1) is 0 Å². The number of rotatable bonds is 4. The summed E-state index contributed by atoms with van der Waals surface area (Å²) in [5.41, 5.74) is 0.584. The van der Waals surface area contributed by atoms with Crippen LogP contribution < -0.4 is 10.9 Å². The summed E-state index contributed by atoms with van der Waals surface area (Å²) >= 11 is 6.13. The van der Waals surface area contributed by atoms with Crippen molar-refractivity contribution in [3.8, 4) is 0 Å². The summed E-state index contributed by atoms with van der Waals surface area (Å²) in [5.74, 6) is -1.25. The van der Waals surface area contributed by atoms with Crippen LogP contribution in [0.25, 0.3) is 10.8 Å². The zero-order chi connectivity index (χ0) is 32.3. The summed E-state index contributed by atoms with van der Waals surface area (Å²) < 4.78 is 20.7. The Morgan fingerprint density at radius 2 is 1.87 bits per heavy atom. The van der Waals surface area contributed by atoms with E-state index in [9.17, 15) is 19.2 Å². The molecule has 3 heterocycles. The number of nitrogens with one attached hydrogen (secondary N) is 2. The van der Waals surface area contributed by atoms with Crippen LogP contribution in [0.5, 0.6) is 0 Å². The molecule has 3 aliphatic rings. The first-order chi connectivity index (χ1) is 21.2. The summed E-state index contributed by atoms with van der Waals surface area (Å²) in [6.45, 7) is 8.70. The fourth-order valence-corrected chi connectivity index (χ4v) is 6.64. The van der Waals surface area contributed by atoms with Gasteiger partial charge >= 0.3 is 6.09 Å². The van der Waals surface area contributed by atoms with Gasteiger partial charge in [-0.25, -0.2) is 9.18 Å². The Bertz CT molecular complexity index is 1760. The molecule has 2 aromatic carbocycles. The predicted octanol–water partition coefficient (Wildman–Crippen LogP) is 5.10. The number of carbonyl (C=O) groups is 3. The maximum atomic E-state index is 15.1. The molecule has 45 heavy (non-hydrogen) atoms. The average Bonchev–Trinajstić information content (AvgIpc) is 3.73. The number of aromatic nitrogens is 1. The van der Waals surface area contributed by atoms with Crippen molar-refractivity contribution in [2.45, 2.75) is 64.1 Å². The molecule has 1 aliphatic carbocycles. The zero-order valence-corrected chi connectivity index (χ0v) is 26.6. The quantitative estimate of drug-likeness (QED) is 0.411. The number of halogens is 2. The van der Waals surface area contributed by atoms with Crippen LogP contribution >= 0.6 is 11.6 Å². The van der Waals surface area contributed by atoms with Crippen LogP contribution in [0.4, 0.5) is 14.9 Å². The van der Waals surface area contributed by atoms with E-state index >= 15 is 4.39 Å². The molecular formula is C33H37ClFN5O5. The molecule has 2 fully saturated rings. The number of benzene rings is 2. The van der Waals surface area contributed by atoms with Crippen molar-refractivity contribution in [2.24, 2.45) is 0 Å². The molecule has 1 atom stereocenters. The molecule has 1 spiro atoms. The van der Waals surface area contributed by atoms with Crippen molar-refractivity contribution in [3.63, 3.8) is 0 Å². The summed E-state index contributed by atoms with van der Waals surface area (Å²) in [7, 11) is 0. The third-order valence-corrected chi connectivity index (χ3v) is 9.17. The molecule has 1 aromatic heterocycles. The fraction of sp³-hybridized carbons (Fsp3) is 0.455. The number of amides is 3. The van der Waals surface area contributed by atoms with E-state index in [1.807, 2.05) is 45.9 Å². The van der Waals surface area contributed by atoms with Crippen LogP contribution in [0.1, 0.15) is 68.2 Å². The first-order valence-electron chi connectivity index (χ1n) is 15.2. The highest BCUT2D eigenvalue weighted by atomic mass is 35.5. The molecule has 3 amide bonds. The average molecular weight is 638 g/mol. The Kier molecular flexibility index (Phi) is 7.79. The third kappa shape index (κ3) is 6.10. The van der Waals surface area contributed by atoms with Crippen molar-refractivity contribution in [1.29, 1.82) is 0 Å². The van der Waals surface area contributed by atoms with Crippen molar-refractivity contribution >= 4 is 46.0 Å². The lowest BCUT2D eigenvalue weighted by molar-refractivity contribution is -0.131. The van der Waals surface area contributed by atoms with E-state index < -0.39 is 28.6 Å². The number of H-pyrrole nitrogens is 1. The predicted molar refractivity (Wildman–Crippen MR) is 169 cm³/mol. The second-order valence-electron chi connectivity index (χ2n) is 13.2. The molecular weight excluding hydrogens is 601 g/mol. The lowest BCUT2D eigenvalue weighted by Crippen LogP contribution is -2.59. The molecule has 0 unspecified atom stereocenters. The van der Waals surface area contributed by atoms with Crippen LogP contribution in [0.15, 0.2) is 41.2 Å². The van der Waals surface area contributed by atoms with E-state index in [0.29, 0.717) is 36.5 Å². The number of piperazine rings is 1. The van der Waals surface area contributed by atoms with Crippen LogP contribution in [0.2, 0.25) is 5.02 Å². The van der Waals surface area contributed by atoms with E-state index in [-0.39, 0.29) is 47.7 Å². The minimum absolute atomic E-state index is 0.0552. The van der Waals surface area contributed by atoms with Crippen molar-refractivity contribution in [1.82, 2.24) is 19.7 Å². The molecule has 0 radical (unpaired) electrons. The Morgan fingerprint density at radius 1 is 1.11 bits per heavy atom. The second-order valence-corrected chi connectivity index (χ2v) is 13.7. The Hall–Kier alpha value is -4.12. The summed E-state index contributed by atoms with van der Waals surface area (Å²) in [6.07, 6.45) is 1.80. The number of anilines is 1. The Labute approximate surface area is 265 Å². The molecule has 3 aromatic rings. The SMILES string of the molecule is C[C@H]1c2ccc(Cl)cc2CCN1C(=O)CNc1cc2cc(C(=O)N3CCN(C(=O)OC(C)(C)C)C4(CC4)C3)[nH]c(=O)c2cc1F. The molecule has 2 N–H and O–H groups in total. The van der Waals surface area contributed by atoms with Gasteiger partial charge in [-0.3, -0.25) is 19.3 Å². The van der Waals surface area contributed by atoms with Gasteiger partial charge in [0.1, 0.15) is 17.1 Å². The number of ether oxygens (including phenoxy) is 1. The van der Waals surface area contributed by atoms with E-state index in [1.165, 1.54) is 12.1 Å². The Morgan fingerprint density at radius 3 is 2.58 bits per heavy atom. The van der Waals surface area contributed by atoms with Gasteiger partial charge in [-0.05, 0) is 93.8 Å². The number of nitrogens with zero attached hydrogens (tertiary/aromatic N) is 3. The second kappa shape index (κ2) is 11.3. The summed E-state index contributed by atoms with van der Waals surface area (Å²) in [5, 5.41) is 4.01. The maximum absolute atomic E-state index is 15.1. The van der Waals surface area contributed by atoms with E-state index in [1.54, 1.807) is 14.7 Å². The largest absolute Gasteiger partial charge is 0.444 e. The highest BCUT2D eigenvalue weighted by molar-refractivity contribution is 6.30. The highest BCUT2D eigenvalue weighted by Gasteiger charge is 2.55. The summed E-state index contributed by atoms with van der Waals surface area (Å²) in [6, 6.07) is 9.59. The van der Waals surface area contributed by atoms with E-state index in [0.717, 1.165) is 30.0 Å². The van der Waals surface area contributed by atoms with Gasteiger partial charge in [-0.2, -0.15) is 0 Å². The monoisotopic (exact) mass is 637 g/mol. The summed E-state index contributed by atoms with van der Waals surface area (Å²) in [4.78, 5) is 60.2. The van der Waals surface area contributed by atoms with Crippen LogP contribution in [0.3, 0.4) is 0 Å². The van der Waals surface area contributed by atoms with Crippen molar-refractivity contribution in [3.05, 3.63) is 74.4 Å². The maximum Gasteiger partial charge on any atom is 0.410 e. The number of aromatic amines is 1. The fourth-order valence-electron chi connectivity index (χ4n) is 6.45. The minimum atomic E-state index is -0.680. The van der Waals surface area contributed by atoms with Gasteiger partial charge in [0.2, 0.25) is 5.91 Å². The number of carbonyl (C=O) groups excluding carboxylic acids is 3. The van der Waals surface area contributed by atoms with Crippen molar-refractivity contribution in [2.75, 3.05) is 38.0 Å². The van der Waals surface area contributed by atoms with Gasteiger partial charge in [0.05, 0.1) is 29.2 Å². The third-order valence-electron chi connectivity index (χ3n) is 8.94. The molecule has 12 heteroatoms. The van der Waals surface area contributed by atoms with Crippen LogP contribution in [-0.2, 0) is 16.0 Å². The lowest BCUT2D eigenvalue weighted by atomic mass is 9.93. The van der Waals surface area contributed by atoms with Crippen LogP contribution in [-0.4, -0.2) is 81.5 Å². The normalized spacial score (nSPS) is 19.0. The van der Waals surface area contributed by atoms with Gasteiger partial charge in [0.15, 0.2) is 0 Å². The van der Waals surface area contributed by atoms with Crippen molar-refractivity contribution < 1.29 is 23.5 Å². The number of hydrogen-bond acceptors (Lipinski definition) is 6. The number of hydrogen-bond donors (Lipinski definition) is 2. The first-order valence-corrected chi connectivity index (χ1v) is 15.6. The highest BCUT2D eigenvalue weighted by Crippen LogP contribution is 2.45. The van der Waals surface area contributed by atoms with Gasteiger partial charge in [0, 0.05) is 31.2 Å². The van der Waals surface area contributed by atoms with E-state index in [2.05, 4.69) is 10.3 Å². The smallest absolute Gasteiger partial charge is 0.410 e. The van der Waals surface area contributed by atoms with E-state index in [4.69, 9.17) is 16.3 Å². The Balaban J connectivity index is 1.16.